The zero-order valence-corrected chi connectivity index (χ0v) is 16.6. The van der Waals surface area contributed by atoms with Crippen LogP contribution in [0.4, 0.5) is 10.8 Å². The number of amides is 1. The van der Waals surface area contributed by atoms with E-state index in [2.05, 4.69) is 20.2 Å². The monoisotopic (exact) mass is 400 g/mol. The largest absolute Gasteiger partial charge is 0.497 e. The minimum atomic E-state index is -4.01. The number of aromatic nitrogens is 2. The maximum absolute atomic E-state index is 12.6. The number of sulfonamides is 1. The summed E-state index contributed by atoms with van der Waals surface area (Å²) in [5.41, 5.74) is -0.445. The van der Waals surface area contributed by atoms with Gasteiger partial charge in [0.25, 0.3) is 14.4 Å². The highest BCUT2D eigenvalue weighted by Crippen LogP contribution is 2.32. The highest BCUT2D eigenvalue weighted by Gasteiger charge is 2.26. The molecule has 1 heterocycles. The molecule has 0 aliphatic rings. The van der Waals surface area contributed by atoms with Gasteiger partial charge in [0, 0.05) is 11.5 Å². The smallest absolute Gasteiger partial charge is 0.291 e. The fourth-order valence-electron chi connectivity index (χ4n) is 1.74. The van der Waals surface area contributed by atoms with Crippen molar-refractivity contribution in [2.75, 3.05) is 24.3 Å². The third-order valence-electron chi connectivity index (χ3n) is 3.19. The Morgan fingerprint density at radius 1 is 1.15 bits per heavy atom. The number of hydrogen-bond donors (Lipinski definition) is 2. The Morgan fingerprint density at radius 3 is 2.42 bits per heavy atom. The van der Waals surface area contributed by atoms with Crippen LogP contribution in [0.5, 0.6) is 11.5 Å². The van der Waals surface area contributed by atoms with Crippen LogP contribution in [0.3, 0.4) is 0 Å². The number of benzene rings is 1. The zero-order valence-electron chi connectivity index (χ0n) is 15.0. The molecule has 9 nitrogen and oxygen atoms in total. The molecule has 0 bridgehead atoms. The van der Waals surface area contributed by atoms with E-state index in [4.69, 9.17) is 9.47 Å². The van der Waals surface area contributed by atoms with Crippen molar-refractivity contribution in [1.29, 1.82) is 0 Å². The first kappa shape index (κ1) is 19.9. The Labute approximate surface area is 155 Å². The van der Waals surface area contributed by atoms with Crippen molar-refractivity contribution in [1.82, 2.24) is 10.2 Å². The van der Waals surface area contributed by atoms with Crippen LogP contribution < -0.4 is 19.5 Å². The van der Waals surface area contributed by atoms with Crippen molar-refractivity contribution in [3.63, 3.8) is 0 Å². The second-order valence-electron chi connectivity index (χ2n) is 6.25. The maximum atomic E-state index is 12.6. The van der Waals surface area contributed by atoms with Crippen LogP contribution in [-0.2, 0) is 14.8 Å². The molecule has 0 aliphatic carbocycles. The average molecular weight is 400 g/mol. The third-order valence-corrected chi connectivity index (χ3v) is 5.76. The molecule has 2 aromatic rings. The summed E-state index contributed by atoms with van der Waals surface area (Å²) in [6, 6.07) is 4.70. The molecule has 11 heteroatoms. The quantitative estimate of drug-likeness (QED) is 0.714. The van der Waals surface area contributed by atoms with Gasteiger partial charge in [-0.25, -0.2) is 0 Å². The van der Waals surface area contributed by atoms with Crippen molar-refractivity contribution < 1.29 is 22.7 Å². The van der Waals surface area contributed by atoms with Crippen LogP contribution in [0.1, 0.15) is 20.8 Å². The first-order valence-electron chi connectivity index (χ1n) is 7.46. The number of methoxy groups -OCH3 is 2. The summed E-state index contributed by atoms with van der Waals surface area (Å²) in [7, 11) is -1.12. The van der Waals surface area contributed by atoms with Crippen LogP contribution >= 0.6 is 11.3 Å². The normalized spacial score (nSPS) is 11.7. The predicted molar refractivity (Wildman–Crippen MR) is 98.3 cm³/mol. The van der Waals surface area contributed by atoms with Crippen LogP contribution in [0.15, 0.2) is 22.5 Å². The second-order valence-corrected chi connectivity index (χ2v) is 9.08. The van der Waals surface area contributed by atoms with Crippen molar-refractivity contribution in [3.05, 3.63) is 18.2 Å². The summed E-state index contributed by atoms with van der Waals surface area (Å²) < 4.78 is 37.4. The number of hydrogen-bond acceptors (Lipinski definition) is 8. The molecule has 0 fully saturated rings. The van der Waals surface area contributed by atoms with Crippen molar-refractivity contribution in [3.8, 4) is 11.5 Å². The van der Waals surface area contributed by atoms with Gasteiger partial charge >= 0.3 is 0 Å². The molecular formula is C15H20N4O5S2. The highest BCUT2D eigenvalue weighted by molar-refractivity contribution is 7.94. The number of carbonyl (C=O) groups excluding carboxylic acids is 1. The summed E-state index contributed by atoms with van der Waals surface area (Å²) in [5.74, 6) is 0.485. The van der Waals surface area contributed by atoms with E-state index in [1.807, 2.05) is 0 Å². The van der Waals surface area contributed by atoms with E-state index in [9.17, 15) is 13.2 Å². The summed E-state index contributed by atoms with van der Waals surface area (Å²) in [6.45, 7) is 5.20. The van der Waals surface area contributed by atoms with E-state index in [1.165, 1.54) is 20.3 Å². The van der Waals surface area contributed by atoms with Gasteiger partial charge in [0.1, 0.15) is 11.5 Å². The van der Waals surface area contributed by atoms with E-state index in [1.54, 1.807) is 32.9 Å². The van der Waals surface area contributed by atoms with Gasteiger partial charge in [-0.15, -0.1) is 10.2 Å². The highest BCUT2D eigenvalue weighted by atomic mass is 32.2. The van der Waals surface area contributed by atoms with E-state index < -0.39 is 15.4 Å². The van der Waals surface area contributed by atoms with Crippen molar-refractivity contribution in [2.24, 2.45) is 5.41 Å². The Bertz CT molecular complexity index is 903. The van der Waals surface area contributed by atoms with E-state index in [0.717, 1.165) is 11.3 Å². The lowest BCUT2D eigenvalue weighted by Crippen LogP contribution is -2.27. The molecule has 0 saturated carbocycles. The Balaban J connectivity index is 2.25. The number of rotatable bonds is 6. The fourth-order valence-corrected chi connectivity index (χ4v) is 3.69. The Hall–Kier alpha value is -2.40. The number of anilines is 2. The molecule has 2 rings (SSSR count). The van der Waals surface area contributed by atoms with Crippen LogP contribution in [0, 0.1) is 5.41 Å². The fraction of sp³-hybridized carbons (Fsp3) is 0.400. The topological polar surface area (TPSA) is 120 Å². The molecule has 1 aromatic heterocycles. The summed E-state index contributed by atoms with van der Waals surface area (Å²) in [5, 5.41) is 10.0. The molecular weight excluding hydrogens is 380 g/mol. The van der Waals surface area contributed by atoms with E-state index >= 15 is 0 Å². The number of nitrogens with one attached hydrogen (secondary N) is 2. The Morgan fingerprint density at radius 2 is 1.85 bits per heavy atom. The van der Waals surface area contributed by atoms with Gasteiger partial charge in [0.2, 0.25) is 11.0 Å². The molecule has 0 unspecified atom stereocenters. The maximum Gasteiger partial charge on any atom is 0.291 e. The molecule has 0 saturated heterocycles. The summed E-state index contributed by atoms with van der Waals surface area (Å²) in [6.07, 6.45) is 0. The van der Waals surface area contributed by atoms with Crippen molar-refractivity contribution >= 4 is 38.1 Å². The first-order chi connectivity index (χ1) is 12.1. The molecule has 0 aliphatic heterocycles. The average Bonchev–Trinajstić information content (AvgIpc) is 3.03. The second kappa shape index (κ2) is 7.46. The number of nitrogens with zero attached hydrogens (tertiary/aromatic N) is 2. The van der Waals surface area contributed by atoms with Crippen LogP contribution in [0.2, 0.25) is 0 Å². The molecule has 0 atom stereocenters. The van der Waals surface area contributed by atoms with E-state index in [-0.39, 0.29) is 21.1 Å². The van der Waals surface area contributed by atoms with Crippen LogP contribution in [0.25, 0.3) is 0 Å². The Kier molecular flexibility index (Phi) is 5.71. The molecule has 1 aromatic carbocycles. The summed E-state index contributed by atoms with van der Waals surface area (Å²) in [4.78, 5) is 12.0. The van der Waals surface area contributed by atoms with Crippen LogP contribution in [-0.4, -0.2) is 38.7 Å². The molecule has 0 radical (unpaired) electrons. The lowest BCUT2D eigenvalue weighted by atomic mass is 9.96. The first-order valence-corrected chi connectivity index (χ1v) is 9.76. The SMILES string of the molecule is COc1ccc(OC)c(NS(=O)(=O)c2nnc(NC(=O)C(C)(C)C)s2)c1. The van der Waals surface area contributed by atoms with E-state index in [0.29, 0.717) is 11.5 Å². The minimum Gasteiger partial charge on any atom is -0.497 e. The van der Waals surface area contributed by atoms with Gasteiger partial charge in [0.15, 0.2) is 0 Å². The lowest BCUT2D eigenvalue weighted by molar-refractivity contribution is -0.123. The zero-order chi connectivity index (χ0) is 19.5. The van der Waals surface area contributed by atoms with Gasteiger partial charge in [-0.2, -0.15) is 8.42 Å². The van der Waals surface area contributed by atoms with Gasteiger partial charge in [-0.1, -0.05) is 32.1 Å². The molecule has 2 N–H and O–H groups in total. The van der Waals surface area contributed by atoms with Crippen molar-refractivity contribution in [2.45, 2.75) is 25.1 Å². The summed E-state index contributed by atoms with van der Waals surface area (Å²) >= 11 is 0.750. The molecule has 26 heavy (non-hydrogen) atoms. The lowest BCUT2D eigenvalue weighted by Gasteiger charge is -2.15. The number of ether oxygens (including phenoxy) is 2. The standard InChI is InChI=1S/C15H20N4O5S2/c1-15(2,3)12(20)16-13-17-18-14(25-13)26(21,22)19-10-8-9(23-4)6-7-11(10)24-5/h6-8,19H,1-5H3,(H,16,17,20). The van der Waals surface area contributed by atoms with Gasteiger partial charge in [-0.3, -0.25) is 9.52 Å². The molecule has 0 spiro atoms. The molecule has 1 amide bonds. The van der Waals surface area contributed by atoms with Gasteiger partial charge < -0.3 is 14.8 Å². The number of carbonyl (C=O) groups is 1. The predicted octanol–water partition coefficient (Wildman–Crippen LogP) is 2.34. The van der Waals surface area contributed by atoms with Gasteiger partial charge in [-0.05, 0) is 12.1 Å². The van der Waals surface area contributed by atoms with Gasteiger partial charge in [0.05, 0.1) is 19.9 Å². The third kappa shape index (κ3) is 4.61. The molecule has 142 valence electrons. The minimum absolute atomic E-state index is 0.0999.